The van der Waals surface area contributed by atoms with Crippen LogP contribution in [0.4, 0.5) is 4.39 Å². The quantitative estimate of drug-likeness (QED) is 0.495. The van der Waals surface area contributed by atoms with Crippen molar-refractivity contribution >= 4 is 19.1 Å². The molecule has 0 unspecified atom stereocenters. The van der Waals surface area contributed by atoms with Crippen LogP contribution in [0.2, 0.25) is 5.82 Å². The molecule has 0 amide bonds. The van der Waals surface area contributed by atoms with Crippen LogP contribution in [0, 0.1) is 11.7 Å². The fourth-order valence-electron chi connectivity index (χ4n) is 2.98. The van der Waals surface area contributed by atoms with Gasteiger partial charge in [-0.15, -0.1) is 0 Å². The second-order valence-corrected chi connectivity index (χ2v) is 6.10. The van der Waals surface area contributed by atoms with Crippen LogP contribution in [0.1, 0.15) is 28.3 Å². The van der Waals surface area contributed by atoms with Crippen molar-refractivity contribution in [2.24, 2.45) is 5.92 Å². The maximum absolute atomic E-state index is 14.1. The summed E-state index contributed by atoms with van der Waals surface area (Å²) in [6, 6.07) is 2.72. The Labute approximate surface area is 136 Å². The Balaban J connectivity index is 1.46. The van der Waals surface area contributed by atoms with E-state index in [2.05, 4.69) is 0 Å². The van der Waals surface area contributed by atoms with Crippen LogP contribution in [0.25, 0.3) is 0 Å². The van der Waals surface area contributed by atoms with Gasteiger partial charge in [0, 0.05) is 5.82 Å². The number of fused-ring (bicyclic) bond motifs is 3. The highest BCUT2D eigenvalue weighted by Gasteiger charge is 2.54. The first-order chi connectivity index (χ1) is 11.6. The van der Waals surface area contributed by atoms with Gasteiger partial charge in [0.1, 0.15) is 23.0 Å². The molecule has 1 aliphatic carbocycles. The third kappa shape index (κ3) is 2.53. The van der Waals surface area contributed by atoms with E-state index in [4.69, 9.17) is 18.9 Å². The van der Waals surface area contributed by atoms with Crippen LogP contribution >= 0.6 is 0 Å². The topological polar surface area (TPSA) is 91.3 Å². The summed E-state index contributed by atoms with van der Waals surface area (Å²) in [6.45, 7) is -0.0599. The number of carbonyl (C=O) groups excluding carboxylic acids is 2. The van der Waals surface area contributed by atoms with Crippen LogP contribution in [-0.4, -0.2) is 44.1 Å². The van der Waals surface area contributed by atoms with Crippen LogP contribution < -0.4 is 4.65 Å². The van der Waals surface area contributed by atoms with Crippen molar-refractivity contribution in [3.63, 3.8) is 0 Å². The third-order valence-corrected chi connectivity index (χ3v) is 4.55. The predicted octanol–water partition coefficient (Wildman–Crippen LogP) is 0.860. The van der Waals surface area contributed by atoms with Gasteiger partial charge in [0.15, 0.2) is 0 Å². The zero-order chi connectivity index (χ0) is 16.8. The minimum Gasteiger partial charge on any atom is -0.535 e. The number of carbonyl (C=O) groups is 2. The van der Waals surface area contributed by atoms with Gasteiger partial charge in [0.25, 0.3) is 0 Å². The number of ether oxygens (including phenoxy) is 3. The molecular weight excluding hydrogens is 322 g/mol. The van der Waals surface area contributed by atoms with E-state index >= 15 is 0 Å². The van der Waals surface area contributed by atoms with Gasteiger partial charge < -0.3 is 23.9 Å². The molecule has 7 nitrogen and oxygen atoms in total. The zero-order valence-corrected chi connectivity index (χ0v) is 12.6. The monoisotopic (exact) mass is 336 g/mol. The van der Waals surface area contributed by atoms with Crippen LogP contribution in [0.3, 0.4) is 0 Å². The summed E-state index contributed by atoms with van der Waals surface area (Å²) in [5.74, 6) is -2.65. The fourth-order valence-corrected chi connectivity index (χ4v) is 2.98. The summed E-state index contributed by atoms with van der Waals surface area (Å²) in [5, 5.41) is 9.83. The molecule has 1 aromatic carbocycles. The summed E-state index contributed by atoms with van der Waals surface area (Å²) >= 11 is 0. The summed E-state index contributed by atoms with van der Waals surface area (Å²) in [7, 11) is -1.06. The molecule has 24 heavy (non-hydrogen) atoms. The van der Waals surface area contributed by atoms with Gasteiger partial charge in [0.2, 0.25) is 6.79 Å². The van der Waals surface area contributed by atoms with Crippen molar-refractivity contribution in [3.8, 4) is 5.75 Å². The van der Waals surface area contributed by atoms with Gasteiger partial charge in [-0.1, -0.05) is 6.07 Å². The molecule has 1 aromatic rings. The Bertz CT molecular complexity index is 705. The molecule has 2 aliphatic heterocycles. The first kappa shape index (κ1) is 15.4. The SMILES string of the molecule is O=C(OCOC(=O)C1COC1)c1c(F)ccc2c1OB(O)[C@@H]1C[C@H]21. The maximum Gasteiger partial charge on any atom is 0.526 e. The number of benzene rings is 1. The lowest BCUT2D eigenvalue weighted by atomic mass is 9.77. The van der Waals surface area contributed by atoms with Crippen molar-refractivity contribution in [1.82, 2.24) is 0 Å². The van der Waals surface area contributed by atoms with E-state index in [1.54, 1.807) is 6.07 Å². The van der Waals surface area contributed by atoms with Crippen molar-refractivity contribution in [1.29, 1.82) is 0 Å². The first-order valence-electron chi connectivity index (χ1n) is 7.65. The minimum atomic E-state index is -1.06. The molecule has 0 bridgehead atoms. The average Bonchev–Trinajstić information content (AvgIpc) is 3.26. The van der Waals surface area contributed by atoms with E-state index in [1.807, 2.05) is 0 Å². The highest BCUT2D eigenvalue weighted by Crippen LogP contribution is 2.60. The summed E-state index contributed by atoms with van der Waals surface area (Å²) in [5.41, 5.74) is 0.294. The second kappa shape index (κ2) is 5.75. The highest BCUT2D eigenvalue weighted by atomic mass is 19.1. The zero-order valence-electron chi connectivity index (χ0n) is 12.6. The van der Waals surface area contributed by atoms with Crippen molar-refractivity contribution in [2.75, 3.05) is 20.0 Å². The smallest absolute Gasteiger partial charge is 0.526 e. The number of esters is 2. The Kier molecular flexibility index (Phi) is 3.69. The standard InChI is InChI=1S/C15H14BFO7/c17-11-2-1-8-9-3-10(9)16(20)24-13(8)12(11)15(19)23-6-22-14(18)7-4-21-5-7/h1-2,7,9-10,20H,3-6H2/t9-,10-/m1/s1. The van der Waals surface area contributed by atoms with Crippen molar-refractivity contribution in [2.45, 2.75) is 18.2 Å². The van der Waals surface area contributed by atoms with E-state index in [1.165, 1.54) is 6.07 Å². The molecule has 2 heterocycles. The molecule has 9 heteroatoms. The molecular formula is C15H14BFO7. The Morgan fingerprint density at radius 1 is 1.33 bits per heavy atom. The molecule has 0 radical (unpaired) electrons. The molecule has 2 atom stereocenters. The van der Waals surface area contributed by atoms with Gasteiger partial charge in [-0.25, -0.2) is 9.18 Å². The van der Waals surface area contributed by atoms with E-state index in [-0.39, 0.29) is 42.2 Å². The fraction of sp³-hybridized carbons (Fsp3) is 0.467. The predicted molar refractivity (Wildman–Crippen MR) is 76.8 cm³/mol. The summed E-state index contributed by atoms with van der Waals surface area (Å²) in [6.07, 6.45) is 0.732. The van der Waals surface area contributed by atoms with Crippen LogP contribution in [0.15, 0.2) is 12.1 Å². The lowest BCUT2D eigenvalue weighted by Crippen LogP contribution is -2.36. The lowest BCUT2D eigenvalue weighted by molar-refractivity contribution is -0.171. The average molecular weight is 336 g/mol. The normalized spacial score (nSPS) is 24.2. The highest BCUT2D eigenvalue weighted by molar-refractivity contribution is 6.48. The van der Waals surface area contributed by atoms with Crippen LogP contribution in [-0.2, 0) is 19.0 Å². The number of hydrogen-bond donors (Lipinski definition) is 1. The van der Waals surface area contributed by atoms with E-state index in [9.17, 15) is 19.0 Å². The van der Waals surface area contributed by atoms with Gasteiger partial charge in [-0.2, -0.15) is 0 Å². The van der Waals surface area contributed by atoms with Crippen molar-refractivity contribution in [3.05, 3.63) is 29.1 Å². The van der Waals surface area contributed by atoms with Gasteiger partial charge >= 0.3 is 19.1 Å². The second-order valence-electron chi connectivity index (χ2n) is 6.10. The molecule has 3 aliphatic rings. The minimum absolute atomic E-state index is 0.00460. The maximum atomic E-state index is 14.1. The Hall–Kier alpha value is -2.13. The van der Waals surface area contributed by atoms with E-state index in [0.29, 0.717) is 5.56 Å². The molecule has 0 aromatic heterocycles. The van der Waals surface area contributed by atoms with Crippen molar-refractivity contribution < 1.29 is 37.9 Å². The Morgan fingerprint density at radius 2 is 2.12 bits per heavy atom. The van der Waals surface area contributed by atoms with Gasteiger partial charge in [0.05, 0.1) is 13.2 Å². The van der Waals surface area contributed by atoms with E-state index in [0.717, 1.165) is 6.42 Å². The molecule has 1 saturated heterocycles. The molecule has 1 saturated carbocycles. The number of rotatable bonds is 4. The molecule has 126 valence electrons. The largest absolute Gasteiger partial charge is 0.535 e. The summed E-state index contributed by atoms with van der Waals surface area (Å²) in [4.78, 5) is 23.7. The Morgan fingerprint density at radius 3 is 2.83 bits per heavy atom. The van der Waals surface area contributed by atoms with E-state index < -0.39 is 31.7 Å². The summed E-state index contributed by atoms with van der Waals surface area (Å²) < 4.78 is 33.9. The van der Waals surface area contributed by atoms with Crippen LogP contribution in [0.5, 0.6) is 5.75 Å². The molecule has 4 rings (SSSR count). The molecule has 2 fully saturated rings. The molecule has 0 spiro atoms. The number of hydrogen-bond acceptors (Lipinski definition) is 7. The number of halogens is 1. The van der Waals surface area contributed by atoms with Gasteiger partial charge in [-0.05, 0) is 24.0 Å². The molecule has 1 N–H and O–H groups in total. The van der Waals surface area contributed by atoms with Gasteiger partial charge in [-0.3, -0.25) is 4.79 Å². The first-order valence-corrected chi connectivity index (χ1v) is 7.65. The third-order valence-electron chi connectivity index (χ3n) is 4.55. The lowest BCUT2D eigenvalue weighted by Gasteiger charge is -2.24.